The summed E-state index contributed by atoms with van der Waals surface area (Å²) in [6.45, 7) is 0.933. The zero-order valence-electron chi connectivity index (χ0n) is 14.9. The van der Waals surface area contributed by atoms with Crippen molar-refractivity contribution in [1.29, 1.82) is 0 Å². The summed E-state index contributed by atoms with van der Waals surface area (Å²) >= 11 is 1.56. The third-order valence-electron chi connectivity index (χ3n) is 3.89. The van der Waals surface area contributed by atoms with E-state index in [2.05, 4.69) is 10.3 Å². The maximum Gasteiger partial charge on any atom is 0.220 e. The Balaban J connectivity index is 1.35. The van der Waals surface area contributed by atoms with E-state index in [9.17, 15) is 9.18 Å². The van der Waals surface area contributed by atoms with Crippen LogP contribution in [0.2, 0.25) is 0 Å². The van der Waals surface area contributed by atoms with Crippen molar-refractivity contribution in [2.45, 2.75) is 25.8 Å². The number of rotatable bonds is 9. The molecule has 0 fully saturated rings. The molecule has 0 spiro atoms. The molecule has 1 aromatic heterocycles. The van der Waals surface area contributed by atoms with Gasteiger partial charge in [0.25, 0.3) is 0 Å². The number of thiazole rings is 1. The van der Waals surface area contributed by atoms with Gasteiger partial charge in [0, 0.05) is 23.9 Å². The molecule has 27 heavy (non-hydrogen) atoms. The zero-order chi connectivity index (χ0) is 18.9. The van der Waals surface area contributed by atoms with Crippen LogP contribution < -0.4 is 10.1 Å². The lowest BCUT2D eigenvalue weighted by molar-refractivity contribution is -0.121. The number of carbonyl (C=O) groups excluding carboxylic acids is 1. The van der Waals surface area contributed by atoms with Crippen molar-refractivity contribution in [1.82, 2.24) is 10.3 Å². The minimum atomic E-state index is -0.236. The maximum absolute atomic E-state index is 12.9. The van der Waals surface area contributed by atoms with Crippen molar-refractivity contribution in [2.24, 2.45) is 0 Å². The molecule has 0 unspecified atom stereocenters. The van der Waals surface area contributed by atoms with Gasteiger partial charge in [0.05, 0.1) is 13.2 Å². The maximum atomic E-state index is 12.9. The zero-order valence-corrected chi connectivity index (χ0v) is 15.7. The number of amides is 1. The lowest BCUT2D eigenvalue weighted by Crippen LogP contribution is -2.22. The predicted molar refractivity (Wildman–Crippen MR) is 104 cm³/mol. The largest absolute Gasteiger partial charge is 0.494 e. The average Bonchev–Trinajstić information content (AvgIpc) is 3.14. The number of para-hydroxylation sites is 1. The van der Waals surface area contributed by atoms with E-state index < -0.39 is 0 Å². The number of nitrogens with one attached hydrogen (secondary N) is 1. The van der Waals surface area contributed by atoms with E-state index in [1.54, 1.807) is 23.5 Å². The molecule has 0 radical (unpaired) electrons. The van der Waals surface area contributed by atoms with Gasteiger partial charge >= 0.3 is 0 Å². The molecular weight excluding hydrogens is 363 g/mol. The summed E-state index contributed by atoms with van der Waals surface area (Å²) in [5.74, 6) is 0.567. The Kier molecular flexibility index (Phi) is 6.93. The molecule has 1 amide bonds. The number of nitrogens with zero attached hydrogens (tertiary/aromatic N) is 1. The first-order chi connectivity index (χ1) is 13.2. The van der Waals surface area contributed by atoms with Crippen LogP contribution in [0.1, 0.15) is 28.3 Å². The van der Waals surface area contributed by atoms with E-state index in [4.69, 9.17) is 4.74 Å². The lowest BCUT2D eigenvalue weighted by atomic mass is 10.1. The van der Waals surface area contributed by atoms with Crippen molar-refractivity contribution < 1.29 is 13.9 Å². The van der Waals surface area contributed by atoms with Crippen LogP contribution in [-0.2, 0) is 17.8 Å². The van der Waals surface area contributed by atoms with Gasteiger partial charge < -0.3 is 10.1 Å². The molecule has 0 aliphatic heterocycles. The van der Waals surface area contributed by atoms with Crippen LogP contribution in [0, 0.1) is 5.82 Å². The predicted octanol–water partition coefficient (Wildman–Crippen LogP) is 4.35. The first-order valence-electron chi connectivity index (χ1n) is 8.81. The Morgan fingerprint density at radius 2 is 1.89 bits per heavy atom. The van der Waals surface area contributed by atoms with E-state index in [1.165, 1.54) is 12.1 Å². The first kappa shape index (κ1) is 19.0. The monoisotopic (exact) mass is 384 g/mol. The summed E-state index contributed by atoms with van der Waals surface area (Å²) in [5.41, 5.74) is 1.04. The van der Waals surface area contributed by atoms with Gasteiger partial charge in [-0.1, -0.05) is 30.3 Å². The molecule has 0 saturated heterocycles. The Morgan fingerprint density at radius 3 is 2.67 bits per heavy atom. The van der Waals surface area contributed by atoms with Crippen LogP contribution in [0.15, 0.2) is 60.8 Å². The Bertz CT molecular complexity index is 850. The van der Waals surface area contributed by atoms with Crippen LogP contribution in [0.5, 0.6) is 5.75 Å². The fourth-order valence-electron chi connectivity index (χ4n) is 2.52. The summed E-state index contributed by atoms with van der Waals surface area (Å²) in [6.07, 6.45) is 3.60. The molecule has 6 heteroatoms. The highest BCUT2D eigenvalue weighted by Crippen LogP contribution is 2.17. The molecule has 3 aromatic rings. The fourth-order valence-corrected chi connectivity index (χ4v) is 3.41. The van der Waals surface area contributed by atoms with E-state index in [-0.39, 0.29) is 11.7 Å². The highest BCUT2D eigenvalue weighted by atomic mass is 32.1. The Morgan fingerprint density at radius 1 is 1.11 bits per heavy atom. The number of aromatic nitrogens is 1. The second-order valence-electron chi connectivity index (χ2n) is 6.07. The molecule has 140 valence electrons. The Labute approximate surface area is 162 Å². The molecule has 1 heterocycles. The van der Waals surface area contributed by atoms with Crippen LogP contribution in [0.25, 0.3) is 0 Å². The van der Waals surface area contributed by atoms with Crippen molar-refractivity contribution >= 4 is 17.2 Å². The van der Waals surface area contributed by atoms with Crippen LogP contribution >= 0.6 is 11.3 Å². The molecule has 0 atom stereocenters. The summed E-state index contributed by atoms with van der Waals surface area (Å²) in [7, 11) is 0. The fraction of sp³-hybridized carbons (Fsp3) is 0.238. The highest BCUT2D eigenvalue weighted by molar-refractivity contribution is 7.11. The lowest BCUT2D eigenvalue weighted by Gasteiger charge is -2.06. The van der Waals surface area contributed by atoms with Crippen LogP contribution in [-0.4, -0.2) is 17.5 Å². The van der Waals surface area contributed by atoms with Gasteiger partial charge in [0.2, 0.25) is 5.91 Å². The number of carbonyl (C=O) groups is 1. The highest BCUT2D eigenvalue weighted by Gasteiger charge is 2.06. The smallest absolute Gasteiger partial charge is 0.220 e. The van der Waals surface area contributed by atoms with Crippen molar-refractivity contribution in [3.63, 3.8) is 0 Å². The number of hydrogen-bond donors (Lipinski definition) is 1. The van der Waals surface area contributed by atoms with Crippen LogP contribution in [0.3, 0.4) is 0 Å². The van der Waals surface area contributed by atoms with Gasteiger partial charge in [-0.2, -0.15) is 0 Å². The third-order valence-corrected chi connectivity index (χ3v) is 4.89. The topological polar surface area (TPSA) is 51.2 Å². The quantitative estimate of drug-likeness (QED) is 0.558. The summed E-state index contributed by atoms with van der Waals surface area (Å²) < 4.78 is 18.5. The van der Waals surface area contributed by atoms with Gasteiger partial charge in [0.1, 0.15) is 16.6 Å². The normalized spacial score (nSPS) is 10.6. The first-order valence-corrected chi connectivity index (χ1v) is 9.63. The standard InChI is InChI=1S/C21H21FN2O2S/c22-17-10-8-16(9-11-17)13-19-14-24-21(27-19)15-23-20(25)7-4-12-26-18-5-2-1-3-6-18/h1-3,5-6,8-11,14H,4,7,12-13,15H2,(H,23,25). The summed E-state index contributed by atoms with van der Waals surface area (Å²) in [6, 6.07) is 16.0. The second kappa shape index (κ2) is 9.83. The molecule has 4 nitrogen and oxygen atoms in total. The van der Waals surface area contributed by atoms with Gasteiger partial charge in [-0.05, 0) is 36.2 Å². The third kappa shape index (κ3) is 6.49. The molecular formula is C21H21FN2O2S. The second-order valence-corrected chi connectivity index (χ2v) is 7.27. The van der Waals surface area contributed by atoms with E-state index >= 15 is 0 Å². The van der Waals surface area contributed by atoms with Crippen molar-refractivity contribution in [3.05, 3.63) is 82.1 Å². The molecule has 3 rings (SSSR count). The molecule has 0 bridgehead atoms. The number of ether oxygens (including phenoxy) is 1. The van der Waals surface area contributed by atoms with Crippen molar-refractivity contribution in [3.8, 4) is 5.75 Å². The number of hydrogen-bond acceptors (Lipinski definition) is 4. The molecule has 0 saturated carbocycles. The SMILES string of the molecule is O=C(CCCOc1ccccc1)NCc1ncc(Cc2ccc(F)cc2)s1. The van der Waals surface area contributed by atoms with E-state index in [1.807, 2.05) is 36.5 Å². The Hall–Kier alpha value is -2.73. The van der Waals surface area contributed by atoms with Gasteiger partial charge in [-0.25, -0.2) is 9.37 Å². The molecule has 1 N–H and O–H groups in total. The number of benzene rings is 2. The van der Waals surface area contributed by atoms with Gasteiger partial charge in [0.15, 0.2) is 0 Å². The van der Waals surface area contributed by atoms with Crippen molar-refractivity contribution in [2.75, 3.05) is 6.61 Å². The van der Waals surface area contributed by atoms with E-state index in [0.717, 1.165) is 21.2 Å². The molecule has 2 aromatic carbocycles. The summed E-state index contributed by atoms with van der Waals surface area (Å²) in [4.78, 5) is 17.4. The van der Waals surface area contributed by atoms with E-state index in [0.29, 0.717) is 32.4 Å². The van der Waals surface area contributed by atoms with Crippen LogP contribution in [0.4, 0.5) is 4.39 Å². The summed E-state index contributed by atoms with van der Waals surface area (Å²) in [5, 5.41) is 3.75. The molecule has 0 aliphatic carbocycles. The average molecular weight is 384 g/mol. The minimum Gasteiger partial charge on any atom is -0.494 e. The van der Waals surface area contributed by atoms with Gasteiger partial charge in [-0.3, -0.25) is 4.79 Å². The van der Waals surface area contributed by atoms with Gasteiger partial charge in [-0.15, -0.1) is 11.3 Å². The minimum absolute atomic E-state index is 0.0121. The number of halogens is 1. The molecule has 0 aliphatic rings.